The third-order valence-corrected chi connectivity index (χ3v) is 3.82. The lowest BCUT2D eigenvalue weighted by atomic mass is 10.2. The smallest absolute Gasteiger partial charge is 0.138 e. The molecule has 0 radical (unpaired) electrons. The monoisotopic (exact) mass is 336 g/mol. The molecule has 3 nitrogen and oxygen atoms in total. The molecule has 1 N–H and O–H groups in total. The van der Waals surface area contributed by atoms with E-state index in [-0.39, 0.29) is 6.61 Å². The molecule has 0 fully saturated rings. The molecule has 0 atom stereocenters. The predicted octanol–water partition coefficient (Wildman–Crippen LogP) is 5.09. The number of halogens is 2. The van der Waals surface area contributed by atoms with Crippen molar-refractivity contribution in [2.75, 3.05) is 0 Å². The predicted molar refractivity (Wildman–Crippen MR) is 92.2 cm³/mol. The van der Waals surface area contributed by atoms with Gasteiger partial charge in [-0.1, -0.05) is 24.3 Å². The standard InChI is InChI=1S/C20H14F2N2O/c21-15-8-13(9-16(22)11-15)12-25-17-5-3-4-14(10-17)20-23-18-6-1-2-7-19(18)24-20/h1-11H,12H2,(H,23,24). The third-order valence-electron chi connectivity index (χ3n) is 3.82. The Morgan fingerprint density at radius 1 is 0.880 bits per heavy atom. The number of para-hydroxylation sites is 2. The summed E-state index contributed by atoms with van der Waals surface area (Å²) in [7, 11) is 0. The minimum absolute atomic E-state index is 0.0816. The van der Waals surface area contributed by atoms with Crippen LogP contribution in [0.1, 0.15) is 5.56 Å². The van der Waals surface area contributed by atoms with Gasteiger partial charge >= 0.3 is 0 Å². The van der Waals surface area contributed by atoms with E-state index in [2.05, 4.69) is 9.97 Å². The van der Waals surface area contributed by atoms with Gasteiger partial charge in [-0.3, -0.25) is 0 Å². The van der Waals surface area contributed by atoms with Gasteiger partial charge in [0, 0.05) is 11.6 Å². The molecule has 0 aliphatic rings. The molecule has 4 rings (SSSR count). The van der Waals surface area contributed by atoms with Crippen molar-refractivity contribution in [1.29, 1.82) is 0 Å². The number of nitrogens with one attached hydrogen (secondary N) is 1. The highest BCUT2D eigenvalue weighted by molar-refractivity contribution is 5.79. The molecular formula is C20H14F2N2O. The molecule has 0 saturated heterocycles. The van der Waals surface area contributed by atoms with Crippen molar-refractivity contribution < 1.29 is 13.5 Å². The number of aromatic nitrogens is 2. The third kappa shape index (κ3) is 3.35. The van der Waals surface area contributed by atoms with Crippen LogP contribution < -0.4 is 4.74 Å². The summed E-state index contributed by atoms with van der Waals surface area (Å²) in [6.45, 7) is 0.0816. The average molecular weight is 336 g/mol. The Balaban J connectivity index is 1.56. The van der Waals surface area contributed by atoms with Crippen LogP contribution in [0.25, 0.3) is 22.4 Å². The largest absolute Gasteiger partial charge is 0.489 e. The van der Waals surface area contributed by atoms with Crippen molar-refractivity contribution >= 4 is 11.0 Å². The summed E-state index contributed by atoms with van der Waals surface area (Å²) in [6, 6.07) is 18.5. The van der Waals surface area contributed by atoms with Crippen LogP contribution in [0, 0.1) is 11.6 Å². The number of imidazole rings is 1. The molecule has 5 heteroatoms. The van der Waals surface area contributed by atoms with Crippen LogP contribution in [-0.4, -0.2) is 9.97 Å². The topological polar surface area (TPSA) is 37.9 Å². The second-order valence-corrected chi connectivity index (χ2v) is 5.70. The highest BCUT2D eigenvalue weighted by Gasteiger charge is 2.07. The molecule has 3 aromatic carbocycles. The zero-order chi connectivity index (χ0) is 17.2. The van der Waals surface area contributed by atoms with Crippen LogP contribution in [0.2, 0.25) is 0 Å². The van der Waals surface area contributed by atoms with E-state index in [0.29, 0.717) is 11.3 Å². The molecule has 0 amide bonds. The fraction of sp³-hybridized carbons (Fsp3) is 0.0500. The number of aromatic amines is 1. The van der Waals surface area contributed by atoms with Gasteiger partial charge in [-0.15, -0.1) is 0 Å². The lowest BCUT2D eigenvalue weighted by molar-refractivity contribution is 0.305. The molecule has 0 saturated carbocycles. The summed E-state index contributed by atoms with van der Waals surface area (Å²) in [5.41, 5.74) is 3.16. The summed E-state index contributed by atoms with van der Waals surface area (Å²) in [5.74, 6) is 0.107. The van der Waals surface area contributed by atoms with Crippen molar-refractivity contribution in [3.05, 3.63) is 83.9 Å². The fourth-order valence-electron chi connectivity index (χ4n) is 2.68. The molecule has 25 heavy (non-hydrogen) atoms. The van der Waals surface area contributed by atoms with Gasteiger partial charge in [0.05, 0.1) is 11.0 Å². The summed E-state index contributed by atoms with van der Waals surface area (Å²) < 4.78 is 32.1. The van der Waals surface area contributed by atoms with E-state index in [4.69, 9.17) is 4.74 Å². The molecule has 0 spiro atoms. The maximum Gasteiger partial charge on any atom is 0.138 e. The summed E-state index contributed by atoms with van der Waals surface area (Å²) in [5, 5.41) is 0. The Morgan fingerprint density at radius 3 is 2.48 bits per heavy atom. The van der Waals surface area contributed by atoms with Crippen LogP contribution >= 0.6 is 0 Å². The minimum Gasteiger partial charge on any atom is -0.489 e. The van der Waals surface area contributed by atoms with Crippen molar-refractivity contribution in [1.82, 2.24) is 9.97 Å². The van der Waals surface area contributed by atoms with E-state index in [1.807, 2.05) is 42.5 Å². The van der Waals surface area contributed by atoms with Crippen LogP contribution in [-0.2, 0) is 6.61 Å². The highest BCUT2D eigenvalue weighted by atomic mass is 19.1. The number of benzene rings is 3. The zero-order valence-electron chi connectivity index (χ0n) is 13.2. The van der Waals surface area contributed by atoms with E-state index in [1.54, 1.807) is 6.07 Å². The lowest BCUT2D eigenvalue weighted by Gasteiger charge is -2.08. The second kappa shape index (κ2) is 6.36. The number of nitrogens with zero attached hydrogens (tertiary/aromatic N) is 1. The number of rotatable bonds is 4. The number of ether oxygens (including phenoxy) is 1. The fourth-order valence-corrected chi connectivity index (χ4v) is 2.68. The maximum absolute atomic E-state index is 13.2. The zero-order valence-corrected chi connectivity index (χ0v) is 13.2. The highest BCUT2D eigenvalue weighted by Crippen LogP contribution is 2.24. The van der Waals surface area contributed by atoms with Crippen molar-refractivity contribution in [3.8, 4) is 17.1 Å². The van der Waals surface area contributed by atoms with Crippen LogP contribution in [0.4, 0.5) is 8.78 Å². The van der Waals surface area contributed by atoms with Gasteiger partial charge in [0.15, 0.2) is 0 Å². The summed E-state index contributed by atoms with van der Waals surface area (Å²) >= 11 is 0. The molecule has 0 aliphatic carbocycles. The Morgan fingerprint density at radius 2 is 1.68 bits per heavy atom. The first-order chi connectivity index (χ1) is 12.2. The number of fused-ring (bicyclic) bond motifs is 1. The molecule has 0 unspecified atom stereocenters. The van der Waals surface area contributed by atoms with Crippen molar-refractivity contribution in [2.45, 2.75) is 6.61 Å². The van der Waals surface area contributed by atoms with E-state index in [0.717, 1.165) is 28.5 Å². The average Bonchev–Trinajstić information content (AvgIpc) is 3.04. The first-order valence-electron chi connectivity index (χ1n) is 7.80. The molecule has 1 aromatic heterocycles. The Kier molecular flexibility index (Phi) is 3.90. The van der Waals surface area contributed by atoms with Gasteiger partial charge in [-0.05, 0) is 42.0 Å². The van der Waals surface area contributed by atoms with Gasteiger partial charge in [-0.2, -0.15) is 0 Å². The molecule has 0 bridgehead atoms. The van der Waals surface area contributed by atoms with Crippen LogP contribution in [0.15, 0.2) is 66.7 Å². The van der Waals surface area contributed by atoms with Crippen molar-refractivity contribution in [2.24, 2.45) is 0 Å². The first-order valence-corrected chi connectivity index (χ1v) is 7.80. The van der Waals surface area contributed by atoms with Crippen LogP contribution in [0.3, 0.4) is 0 Å². The number of hydrogen-bond acceptors (Lipinski definition) is 2. The molecule has 1 heterocycles. The van der Waals surface area contributed by atoms with Gasteiger partial charge in [-0.25, -0.2) is 13.8 Å². The number of hydrogen-bond donors (Lipinski definition) is 1. The lowest BCUT2D eigenvalue weighted by Crippen LogP contribution is -1.97. The Hall–Kier alpha value is -3.21. The van der Waals surface area contributed by atoms with Gasteiger partial charge in [0.25, 0.3) is 0 Å². The molecule has 4 aromatic rings. The molecule has 0 aliphatic heterocycles. The first kappa shape index (κ1) is 15.3. The molecular weight excluding hydrogens is 322 g/mol. The van der Waals surface area contributed by atoms with E-state index >= 15 is 0 Å². The molecule has 124 valence electrons. The van der Waals surface area contributed by atoms with Crippen molar-refractivity contribution in [3.63, 3.8) is 0 Å². The minimum atomic E-state index is -0.616. The Bertz CT molecular complexity index is 989. The maximum atomic E-state index is 13.2. The second-order valence-electron chi connectivity index (χ2n) is 5.70. The van der Waals surface area contributed by atoms with Crippen LogP contribution in [0.5, 0.6) is 5.75 Å². The van der Waals surface area contributed by atoms with Gasteiger partial charge in [0.2, 0.25) is 0 Å². The quantitative estimate of drug-likeness (QED) is 0.564. The Labute approximate surface area is 142 Å². The normalized spacial score (nSPS) is 11.0. The summed E-state index contributed by atoms with van der Waals surface area (Å²) in [4.78, 5) is 7.82. The summed E-state index contributed by atoms with van der Waals surface area (Å²) in [6.07, 6.45) is 0. The van der Waals surface area contributed by atoms with E-state index < -0.39 is 11.6 Å². The van der Waals surface area contributed by atoms with E-state index in [1.165, 1.54) is 12.1 Å². The van der Waals surface area contributed by atoms with Gasteiger partial charge < -0.3 is 9.72 Å². The number of H-pyrrole nitrogens is 1. The SMILES string of the molecule is Fc1cc(F)cc(COc2cccc(-c3nc4ccccc4[nH]3)c2)c1. The van der Waals surface area contributed by atoms with E-state index in [9.17, 15) is 8.78 Å². The van der Waals surface area contributed by atoms with Gasteiger partial charge in [0.1, 0.15) is 29.8 Å².